The maximum atomic E-state index is 11.6. The largest absolute Gasteiger partial charge is 0.468 e. The fourth-order valence-corrected chi connectivity index (χ4v) is 2.58. The molecular weight excluding hydrogens is 240 g/mol. The molecule has 1 N–H and O–H groups in total. The van der Waals surface area contributed by atoms with Crippen molar-refractivity contribution < 1.29 is 9.53 Å². The highest BCUT2D eigenvalue weighted by Crippen LogP contribution is 2.15. The van der Waals surface area contributed by atoms with Gasteiger partial charge in [0.15, 0.2) is 0 Å². The van der Waals surface area contributed by atoms with E-state index in [4.69, 9.17) is 4.74 Å². The average Bonchev–Trinajstić information content (AvgIpc) is 2.66. The molecule has 4 heteroatoms. The molecule has 1 aromatic carbocycles. The van der Waals surface area contributed by atoms with Crippen molar-refractivity contribution in [3.63, 3.8) is 0 Å². The van der Waals surface area contributed by atoms with Crippen LogP contribution < -0.4 is 5.32 Å². The molecule has 1 aliphatic heterocycles. The van der Waals surface area contributed by atoms with Crippen molar-refractivity contribution in [1.29, 1.82) is 0 Å². The van der Waals surface area contributed by atoms with E-state index in [1.807, 2.05) is 0 Å². The fourth-order valence-electron chi connectivity index (χ4n) is 2.58. The van der Waals surface area contributed by atoms with Crippen LogP contribution in [0.4, 0.5) is 0 Å². The molecule has 0 spiro atoms. The van der Waals surface area contributed by atoms with Gasteiger partial charge in [-0.05, 0) is 31.0 Å². The molecule has 1 heterocycles. The van der Waals surface area contributed by atoms with Crippen molar-refractivity contribution in [2.24, 2.45) is 0 Å². The Labute approximate surface area is 114 Å². The van der Waals surface area contributed by atoms with Crippen molar-refractivity contribution in [1.82, 2.24) is 10.2 Å². The minimum absolute atomic E-state index is 0.190. The molecule has 0 fully saturated rings. The molecule has 0 aromatic heterocycles. The number of hydrogen-bond acceptors (Lipinski definition) is 4. The molecular formula is C15H22N2O2. The molecule has 4 nitrogen and oxygen atoms in total. The van der Waals surface area contributed by atoms with Gasteiger partial charge in [0, 0.05) is 19.6 Å². The zero-order chi connectivity index (χ0) is 13.7. The minimum atomic E-state index is -0.244. The van der Waals surface area contributed by atoms with Gasteiger partial charge in [0.05, 0.1) is 7.11 Å². The smallest absolute Gasteiger partial charge is 0.324 e. The summed E-state index contributed by atoms with van der Waals surface area (Å²) >= 11 is 0. The number of nitrogens with zero attached hydrogens (tertiary/aromatic N) is 1. The van der Waals surface area contributed by atoms with Gasteiger partial charge < -0.3 is 15.0 Å². The molecule has 0 saturated carbocycles. The van der Waals surface area contributed by atoms with Gasteiger partial charge in [-0.2, -0.15) is 0 Å². The average molecular weight is 262 g/mol. The van der Waals surface area contributed by atoms with E-state index in [-0.39, 0.29) is 12.0 Å². The Morgan fingerprint density at radius 3 is 2.37 bits per heavy atom. The van der Waals surface area contributed by atoms with Crippen LogP contribution >= 0.6 is 0 Å². The number of methoxy groups -OCH3 is 1. The Morgan fingerprint density at radius 2 is 1.89 bits per heavy atom. The molecule has 1 aliphatic rings. The van der Waals surface area contributed by atoms with Gasteiger partial charge in [0.25, 0.3) is 0 Å². The quantitative estimate of drug-likeness (QED) is 0.817. The molecule has 1 unspecified atom stereocenters. The Hall–Kier alpha value is -1.39. The van der Waals surface area contributed by atoms with Crippen molar-refractivity contribution in [3.8, 4) is 0 Å². The van der Waals surface area contributed by atoms with Crippen molar-refractivity contribution in [3.05, 3.63) is 35.4 Å². The number of fused-ring (bicyclic) bond motifs is 1. The van der Waals surface area contributed by atoms with Gasteiger partial charge in [0.2, 0.25) is 0 Å². The molecule has 0 bridgehead atoms. The number of esters is 1. The van der Waals surface area contributed by atoms with Gasteiger partial charge in [-0.25, -0.2) is 0 Å². The molecule has 1 atom stereocenters. The van der Waals surface area contributed by atoms with Gasteiger partial charge >= 0.3 is 5.97 Å². The van der Waals surface area contributed by atoms with Gasteiger partial charge in [-0.15, -0.1) is 0 Å². The van der Waals surface area contributed by atoms with Crippen LogP contribution in [0.15, 0.2) is 24.3 Å². The molecule has 0 radical (unpaired) electrons. The number of rotatable bonds is 4. The summed E-state index contributed by atoms with van der Waals surface area (Å²) in [5.74, 6) is -0.190. The minimum Gasteiger partial charge on any atom is -0.468 e. The number of ether oxygens (including phenoxy) is 1. The first-order valence-electron chi connectivity index (χ1n) is 6.79. The Bertz CT molecular complexity index is 407. The number of hydrogen-bond donors (Lipinski definition) is 1. The number of carbonyl (C=O) groups excluding carboxylic acids is 1. The Kier molecular flexibility index (Phi) is 4.93. The zero-order valence-corrected chi connectivity index (χ0v) is 11.7. The van der Waals surface area contributed by atoms with Crippen LogP contribution in [0.1, 0.15) is 11.1 Å². The van der Waals surface area contributed by atoms with E-state index in [0.29, 0.717) is 6.54 Å². The first kappa shape index (κ1) is 14.0. The lowest BCUT2D eigenvalue weighted by molar-refractivity contribution is -0.143. The summed E-state index contributed by atoms with van der Waals surface area (Å²) < 4.78 is 4.81. The van der Waals surface area contributed by atoms with Crippen molar-refractivity contribution in [2.75, 3.05) is 33.8 Å². The monoisotopic (exact) mass is 262 g/mol. The number of benzene rings is 1. The summed E-state index contributed by atoms with van der Waals surface area (Å²) in [5, 5.41) is 3.03. The normalized spacial score (nSPS) is 17.4. The zero-order valence-electron chi connectivity index (χ0n) is 11.7. The third-order valence-corrected chi connectivity index (χ3v) is 3.79. The number of likely N-dealkylation sites (N-methyl/N-ethyl adjacent to an activating group) is 1. The third kappa shape index (κ3) is 3.55. The summed E-state index contributed by atoms with van der Waals surface area (Å²) in [6.07, 6.45) is 2.10. The molecule has 104 valence electrons. The van der Waals surface area contributed by atoms with Crippen LogP contribution in [0.25, 0.3) is 0 Å². The third-order valence-electron chi connectivity index (χ3n) is 3.79. The van der Waals surface area contributed by atoms with E-state index in [0.717, 1.165) is 25.9 Å². The number of nitrogens with one attached hydrogen (secondary N) is 1. The van der Waals surface area contributed by atoms with Crippen LogP contribution in [-0.2, 0) is 22.4 Å². The second kappa shape index (κ2) is 6.68. The summed E-state index contributed by atoms with van der Waals surface area (Å²) in [5.41, 5.74) is 2.87. The SMILES string of the molecule is CNC(CN1CCc2ccccc2CC1)C(=O)OC. The van der Waals surface area contributed by atoms with Crippen LogP contribution in [0.3, 0.4) is 0 Å². The highest BCUT2D eigenvalue weighted by molar-refractivity contribution is 5.75. The van der Waals surface area contributed by atoms with Crippen LogP contribution in [0, 0.1) is 0 Å². The molecule has 19 heavy (non-hydrogen) atoms. The van der Waals surface area contributed by atoms with Crippen LogP contribution in [0.5, 0.6) is 0 Å². The molecule has 0 amide bonds. The Morgan fingerprint density at radius 1 is 1.32 bits per heavy atom. The maximum absolute atomic E-state index is 11.6. The topological polar surface area (TPSA) is 41.6 Å². The molecule has 0 saturated heterocycles. The highest BCUT2D eigenvalue weighted by atomic mass is 16.5. The van der Waals surface area contributed by atoms with Gasteiger partial charge in [-0.1, -0.05) is 24.3 Å². The van der Waals surface area contributed by atoms with Crippen molar-refractivity contribution in [2.45, 2.75) is 18.9 Å². The molecule has 2 rings (SSSR count). The second-order valence-corrected chi connectivity index (χ2v) is 4.93. The highest BCUT2D eigenvalue weighted by Gasteiger charge is 2.22. The summed E-state index contributed by atoms with van der Waals surface area (Å²) in [6.45, 7) is 2.69. The molecule has 1 aromatic rings. The summed E-state index contributed by atoms with van der Waals surface area (Å²) in [7, 11) is 3.24. The lowest BCUT2D eigenvalue weighted by Gasteiger charge is -2.24. The maximum Gasteiger partial charge on any atom is 0.324 e. The van der Waals surface area contributed by atoms with Crippen molar-refractivity contribution >= 4 is 5.97 Å². The fraction of sp³-hybridized carbons (Fsp3) is 0.533. The predicted molar refractivity (Wildman–Crippen MR) is 75.2 cm³/mol. The van der Waals surface area contributed by atoms with E-state index in [2.05, 4.69) is 34.5 Å². The lowest BCUT2D eigenvalue weighted by Crippen LogP contribution is -2.46. The van der Waals surface area contributed by atoms with E-state index in [1.54, 1.807) is 7.05 Å². The lowest BCUT2D eigenvalue weighted by atomic mass is 10.0. The first-order chi connectivity index (χ1) is 9.24. The summed E-state index contributed by atoms with van der Waals surface area (Å²) in [4.78, 5) is 13.9. The van der Waals surface area contributed by atoms with Gasteiger partial charge in [0.1, 0.15) is 6.04 Å². The standard InChI is InChI=1S/C15H22N2O2/c1-16-14(15(18)19-2)11-17-9-7-12-5-3-4-6-13(12)8-10-17/h3-6,14,16H,7-11H2,1-2H3. The van der Waals surface area contributed by atoms with Gasteiger partial charge in [-0.3, -0.25) is 4.79 Å². The Balaban J connectivity index is 1.96. The second-order valence-electron chi connectivity index (χ2n) is 4.93. The van der Waals surface area contributed by atoms with E-state index < -0.39 is 0 Å². The first-order valence-corrected chi connectivity index (χ1v) is 6.79. The number of carbonyl (C=O) groups is 1. The predicted octanol–water partition coefficient (Wildman–Crippen LogP) is 0.848. The van der Waals surface area contributed by atoms with Crippen LogP contribution in [0.2, 0.25) is 0 Å². The van der Waals surface area contributed by atoms with E-state index in [9.17, 15) is 4.79 Å². The van der Waals surface area contributed by atoms with E-state index in [1.165, 1.54) is 18.2 Å². The van der Waals surface area contributed by atoms with E-state index >= 15 is 0 Å². The summed E-state index contributed by atoms with van der Waals surface area (Å²) in [6, 6.07) is 8.36. The van der Waals surface area contributed by atoms with Crippen LogP contribution in [-0.4, -0.2) is 50.7 Å². The molecule has 0 aliphatic carbocycles.